The molecule has 1 aromatic rings. The molecule has 0 bridgehead atoms. The fourth-order valence-corrected chi connectivity index (χ4v) is 0.884. The van der Waals surface area contributed by atoms with E-state index in [0.29, 0.717) is 11.6 Å². The van der Waals surface area contributed by atoms with Crippen LogP contribution >= 0.6 is 0 Å². The predicted molar refractivity (Wildman–Crippen MR) is 41.9 cm³/mol. The summed E-state index contributed by atoms with van der Waals surface area (Å²) >= 11 is 0. The van der Waals surface area contributed by atoms with Gasteiger partial charge in [0, 0.05) is 6.92 Å². The summed E-state index contributed by atoms with van der Waals surface area (Å²) in [5, 5.41) is 8.16. The van der Waals surface area contributed by atoms with Gasteiger partial charge in [0.05, 0.1) is 5.69 Å². The molecule has 1 heterocycles. The molecular weight excluding hydrogens is 172 g/mol. The molecule has 0 unspecified atom stereocenters. The molecule has 1 aromatic heterocycles. The molecule has 13 heavy (non-hydrogen) atoms. The van der Waals surface area contributed by atoms with E-state index in [-0.39, 0.29) is 12.4 Å². The average molecular weight is 180 g/mol. The number of rotatable bonds is 2. The first-order valence-electron chi connectivity index (χ1n) is 3.63. The van der Waals surface area contributed by atoms with Crippen molar-refractivity contribution in [3.05, 3.63) is 17.3 Å². The van der Waals surface area contributed by atoms with Gasteiger partial charge >= 0.3 is 5.97 Å². The first-order valence-corrected chi connectivity index (χ1v) is 3.63. The molecule has 0 radical (unpaired) electrons. The maximum Gasteiger partial charge on any atom is 0.377 e. The van der Waals surface area contributed by atoms with Crippen LogP contribution in [-0.4, -0.2) is 17.6 Å². The Morgan fingerprint density at radius 1 is 1.69 bits per heavy atom. The second kappa shape index (κ2) is 3.72. The highest BCUT2D eigenvalue weighted by Crippen LogP contribution is 2.10. The molecule has 5 heteroatoms. The highest BCUT2D eigenvalue weighted by molar-refractivity contribution is 5.87. The van der Waals surface area contributed by atoms with Gasteiger partial charge in [0.1, 0.15) is 6.07 Å². The Morgan fingerprint density at radius 3 is 2.85 bits per heavy atom. The largest absolute Gasteiger partial charge is 0.444 e. The number of hydrogen-bond acceptors (Lipinski definition) is 5. The highest BCUT2D eigenvalue weighted by atomic mass is 16.5. The lowest BCUT2D eigenvalue weighted by molar-refractivity contribution is 0.0516. The normalized spacial score (nSPS) is 9.31. The number of hydrogen-bond donors (Lipinski definition) is 0. The lowest BCUT2D eigenvalue weighted by atomic mass is 10.4. The summed E-state index contributed by atoms with van der Waals surface area (Å²) in [7, 11) is 0. The van der Waals surface area contributed by atoms with Gasteiger partial charge in [-0.15, -0.1) is 0 Å². The fourth-order valence-electron chi connectivity index (χ4n) is 0.884. The Labute approximate surface area is 74.9 Å². The number of esters is 1. The van der Waals surface area contributed by atoms with Crippen molar-refractivity contribution in [3.63, 3.8) is 0 Å². The van der Waals surface area contributed by atoms with Crippen molar-refractivity contribution in [3.8, 4) is 6.07 Å². The number of ether oxygens (including phenoxy) is 1. The average Bonchev–Trinajstić information content (AvgIpc) is 2.41. The fraction of sp³-hybridized carbons (Fsp3) is 0.375. The molecule has 0 atom stereocenters. The van der Waals surface area contributed by atoms with Crippen LogP contribution in [0.3, 0.4) is 0 Å². The van der Waals surface area contributed by atoms with E-state index >= 15 is 0 Å². The molecule has 0 aliphatic heterocycles. The third kappa shape index (κ3) is 2.06. The summed E-state index contributed by atoms with van der Waals surface area (Å²) in [4.78, 5) is 15.0. The van der Waals surface area contributed by atoms with Crippen molar-refractivity contribution in [2.45, 2.75) is 13.8 Å². The molecule has 0 spiro atoms. The van der Waals surface area contributed by atoms with E-state index in [0.717, 1.165) is 0 Å². The van der Waals surface area contributed by atoms with Crippen molar-refractivity contribution in [2.24, 2.45) is 0 Å². The molecule has 0 saturated carbocycles. The summed E-state index contributed by atoms with van der Waals surface area (Å²) in [6.45, 7) is 2.99. The van der Waals surface area contributed by atoms with Gasteiger partial charge in [-0.05, 0) is 6.92 Å². The number of nitriles is 1. The van der Waals surface area contributed by atoms with E-state index in [9.17, 15) is 4.79 Å². The number of carbonyl (C=O) groups excluding carboxylic acids is 1. The zero-order valence-electron chi connectivity index (χ0n) is 7.33. The van der Waals surface area contributed by atoms with Gasteiger partial charge in [-0.25, -0.2) is 9.78 Å². The van der Waals surface area contributed by atoms with Gasteiger partial charge in [0.15, 0.2) is 12.5 Å². The molecule has 68 valence electrons. The van der Waals surface area contributed by atoms with Crippen LogP contribution in [0.15, 0.2) is 4.42 Å². The third-order valence-electron chi connectivity index (χ3n) is 1.36. The Hall–Kier alpha value is -1.83. The molecule has 0 saturated heterocycles. The van der Waals surface area contributed by atoms with Gasteiger partial charge in [0.2, 0.25) is 5.76 Å². The first kappa shape index (κ1) is 9.26. The van der Waals surface area contributed by atoms with Crippen LogP contribution in [0.2, 0.25) is 0 Å². The summed E-state index contributed by atoms with van der Waals surface area (Å²) in [6, 6.07) is 1.69. The lowest BCUT2D eigenvalue weighted by Crippen LogP contribution is -2.05. The Kier molecular flexibility index (Phi) is 2.65. The van der Waals surface area contributed by atoms with E-state index in [1.165, 1.54) is 0 Å². The lowest BCUT2D eigenvalue weighted by Gasteiger charge is -1.95. The first-order chi connectivity index (χ1) is 6.15. The van der Waals surface area contributed by atoms with Crippen LogP contribution in [0.25, 0.3) is 0 Å². The second-order valence-corrected chi connectivity index (χ2v) is 2.38. The minimum atomic E-state index is -0.653. The molecule has 0 amide bonds. The second-order valence-electron chi connectivity index (χ2n) is 2.38. The monoisotopic (exact) mass is 180 g/mol. The van der Waals surface area contributed by atoms with E-state index in [1.54, 1.807) is 19.9 Å². The molecule has 5 nitrogen and oxygen atoms in total. The van der Waals surface area contributed by atoms with Crippen LogP contribution in [-0.2, 0) is 4.74 Å². The van der Waals surface area contributed by atoms with Gasteiger partial charge < -0.3 is 9.15 Å². The van der Waals surface area contributed by atoms with Gasteiger partial charge in [-0.3, -0.25) is 0 Å². The standard InChI is InChI=1S/C8H8N2O3/c1-5-7(13-6(2)10-5)8(11)12-4-3-9/h4H2,1-2H3. The minimum absolute atomic E-state index is 0.0627. The Morgan fingerprint density at radius 2 is 2.38 bits per heavy atom. The minimum Gasteiger partial charge on any atom is -0.444 e. The summed E-state index contributed by atoms with van der Waals surface area (Å²) in [6.07, 6.45) is 0. The van der Waals surface area contributed by atoms with Crippen molar-refractivity contribution in [1.82, 2.24) is 4.98 Å². The molecular formula is C8H8N2O3. The number of aromatic nitrogens is 1. The van der Waals surface area contributed by atoms with E-state index in [1.807, 2.05) is 0 Å². The highest BCUT2D eigenvalue weighted by Gasteiger charge is 2.16. The van der Waals surface area contributed by atoms with Crippen molar-refractivity contribution in [1.29, 1.82) is 5.26 Å². The predicted octanol–water partition coefficient (Wildman–Crippen LogP) is 0.972. The molecule has 0 N–H and O–H groups in total. The maximum absolute atomic E-state index is 11.1. The van der Waals surface area contributed by atoms with Crippen molar-refractivity contribution >= 4 is 5.97 Å². The van der Waals surface area contributed by atoms with Gasteiger partial charge in [0.25, 0.3) is 0 Å². The molecule has 0 fully saturated rings. The number of nitrogens with zero attached hydrogens (tertiary/aromatic N) is 2. The SMILES string of the molecule is Cc1nc(C)c(C(=O)OCC#N)o1. The third-order valence-corrected chi connectivity index (χ3v) is 1.36. The van der Waals surface area contributed by atoms with Crippen LogP contribution < -0.4 is 0 Å². The van der Waals surface area contributed by atoms with Gasteiger partial charge in [-0.1, -0.05) is 0 Å². The summed E-state index contributed by atoms with van der Waals surface area (Å²) < 4.78 is 9.52. The van der Waals surface area contributed by atoms with Crippen LogP contribution in [0.4, 0.5) is 0 Å². The van der Waals surface area contributed by atoms with Crippen LogP contribution in [0.1, 0.15) is 22.1 Å². The quantitative estimate of drug-likeness (QED) is 0.634. The number of carbonyl (C=O) groups is 1. The maximum atomic E-state index is 11.1. The zero-order valence-corrected chi connectivity index (χ0v) is 7.33. The summed E-state index contributed by atoms with van der Waals surface area (Å²) in [5.41, 5.74) is 0.473. The molecule has 1 rings (SSSR count). The van der Waals surface area contributed by atoms with E-state index < -0.39 is 5.97 Å². The smallest absolute Gasteiger partial charge is 0.377 e. The molecule has 0 aromatic carbocycles. The van der Waals surface area contributed by atoms with Crippen molar-refractivity contribution < 1.29 is 13.9 Å². The van der Waals surface area contributed by atoms with E-state index in [4.69, 9.17) is 9.68 Å². The summed E-state index contributed by atoms with van der Waals surface area (Å²) in [5.74, 6) is -0.186. The molecule has 0 aliphatic rings. The van der Waals surface area contributed by atoms with Crippen LogP contribution in [0, 0.1) is 25.2 Å². The molecule has 0 aliphatic carbocycles. The number of aryl methyl sites for hydroxylation is 2. The topological polar surface area (TPSA) is 76.1 Å². The van der Waals surface area contributed by atoms with E-state index in [2.05, 4.69) is 9.72 Å². The zero-order chi connectivity index (χ0) is 9.84. The number of oxazole rings is 1. The Balaban J connectivity index is 2.78. The van der Waals surface area contributed by atoms with Crippen LogP contribution in [0.5, 0.6) is 0 Å². The Bertz CT molecular complexity index is 362. The van der Waals surface area contributed by atoms with Gasteiger partial charge in [-0.2, -0.15) is 5.26 Å². The van der Waals surface area contributed by atoms with Crippen molar-refractivity contribution in [2.75, 3.05) is 6.61 Å².